The summed E-state index contributed by atoms with van der Waals surface area (Å²) in [7, 11) is 0. The molecule has 0 aromatic carbocycles. The molecule has 0 saturated heterocycles. The molecular weight excluding hydrogens is 284 g/mol. The minimum Gasteiger partial charge on any atom is -0.476 e. The molecule has 19 heavy (non-hydrogen) atoms. The van der Waals surface area contributed by atoms with Gasteiger partial charge in [0, 0.05) is 31.0 Å². The summed E-state index contributed by atoms with van der Waals surface area (Å²) in [6.07, 6.45) is 9.09. The van der Waals surface area contributed by atoms with Crippen LogP contribution >= 0.6 is 22.7 Å². The Hall–Kier alpha value is -2.19. The zero-order valence-corrected chi connectivity index (χ0v) is 11.0. The number of nitrogens with zero attached hydrogens (tertiary/aromatic N) is 4. The Bertz CT molecular complexity index is 854. The number of hydrogen-bond acceptors (Lipinski definition) is 5. The number of carboxylic acids is 1. The first-order valence-electron chi connectivity index (χ1n) is 5.35. The van der Waals surface area contributed by atoms with E-state index in [2.05, 4.69) is 9.97 Å². The Balaban J connectivity index is 1.84. The van der Waals surface area contributed by atoms with Gasteiger partial charge in [-0.1, -0.05) is 22.7 Å². The lowest BCUT2D eigenvalue weighted by Gasteiger charge is -1.86. The molecule has 0 bridgehead atoms. The molecule has 94 valence electrons. The van der Waals surface area contributed by atoms with Crippen molar-refractivity contribution in [2.24, 2.45) is 0 Å². The van der Waals surface area contributed by atoms with E-state index in [-0.39, 0.29) is 5.69 Å². The quantitative estimate of drug-likeness (QED) is 0.615. The maximum atomic E-state index is 10.8. The zero-order valence-electron chi connectivity index (χ0n) is 9.35. The first-order valence-corrected chi connectivity index (χ1v) is 6.99. The monoisotopic (exact) mass is 290 g/mol. The lowest BCUT2D eigenvalue weighted by atomic mass is 10.5. The van der Waals surface area contributed by atoms with Crippen LogP contribution in [0.3, 0.4) is 0 Å². The van der Waals surface area contributed by atoms with E-state index < -0.39 is 5.97 Å². The van der Waals surface area contributed by atoms with Gasteiger partial charge in [-0.2, -0.15) is 0 Å². The first-order chi connectivity index (χ1) is 9.20. The fraction of sp³-hybridized carbons (Fsp3) is 0. The fourth-order valence-corrected chi connectivity index (χ4v) is 3.82. The maximum Gasteiger partial charge on any atom is 0.356 e. The second-order valence-electron chi connectivity index (χ2n) is 3.93. The first kappa shape index (κ1) is 10.7. The number of carboxylic acid groups (broad SMARTS) is 1. The molecule has 0 unspecified atom stereocenters. The largest absolute Gasteiger partial charge is 0.476 e. The van der Waals surface area contributed by atoms with Crippen molar-refractivity contribution in [1.82, 2.24) is 18.8 Å². The summed E-state index contributed by atoms with van der Waals surface area (Å²) in [6.45, 7) is 0. The predicted octanol–water partition coefficient (Wildman–Crippen LogP) is 2.47. The van der Waals surface area contributed by atoms with Crippen LogP contribution in [0.2, 0.25) is 0 Å². The molecule has 1 N–H and O–H groups in total. The van der Waals surface area contributed by atoms with E-state index in [0.717, 1.165) is 14.7 Å². The minimum atomic E-state index is -1.01. The highest BCUT2D eigenvalue weighted by Crippen LogP contribution is 2.33. The van der Waals surface area contributed by atoms with E-state index in [1.807, 2.05) is 23.0 Å². The molecule has 0 aliphatic heterocycles. The van der Waals surface area contributed by atoms with E-state index in [1.54, 1.807) is 21.9 Å². The molecule has 4 aromatic heterocycles. The third-order valence-corrected chi connectivity index (χ3v) is 4.91. The summed E-state index contributed by atoms with van der Waals surface area (Å²) in [5, 5.41) is 8.88. The van der Waals surface area contributed by atoms with Gasteiger partial charge in [-0.3, -0.25) is 8.80 Å². The average molecular weight is 290 g/mol. The van der Waals surface area contributed by atoms with E-state index in [4.69, 9.17) is 5.11 Å². The van der Waals surface area contributed by atoms with Crippen LogP contribution in [0.25, 0.3) is 19.7 Å². The molecule has 0 aliphatic rings. The minimum absolute atomic E-state index is 0.0683. The second-order valence-corrected chi connectivity index (χ2v) is 5.95. The van der Waals surface area contributed by atoms with Crippen molar-refractivity contribution in [1.29, 1.82) is 0 Å². The molecule has 4 heterocycles. The van der Waals surface area contributed by atoms with Gasteiger partial charge in [0.15, 0.2) is 15.6 Å². The number of hydrogen-bond donors (Lipinski definition) is 1. The number of imidazole rings is 2. The van der Waals surface area contributed by atoms with Gasteiger partial charge in [0.25, 0.3) is 0 Å². The predicted molar refractivity (Wildman–Crippen MR) is 72.1 cm³/mol. The molecule has 4 rings (SSSR count). The summed E-state index contributed by atoms with van der Waals surface area (Å²) in [5.74, 6) is -1.01. The van der Waals surface area contributed by atoms with Crippen LogP contribution in [0.15, 0.2) is 31.0 Å². The van der Waals surface area contributed by atoms with Gasteiger partial charge in [0.05, 0.1) is 9.75 Å². The van der Waals surface area contributed by atoms with E-state index in [0.29, 0.717) is 4.96 Å². The van der Waals surface area contributed by atoms with Crippen LogP contribution in [0.1, 0.15) is 10.5 Å². The van der Waals surface area contributed by atoms with Gasteiger partial charge in [-0.15, -0.1) is 0 Å². The van der Waals surface area contributed by atoms with Crippen molar-refractivity contribution in [3.05, 3.63) is 36.7 Å². The van der Waals surface area contributed by atoms with Crippen molar-refractivity contribution < 1.29 is 9.90 Å². The van der Waals surface area contributed by atoms with Gasteiger partial charge in [-0.25, -0.2) is 14.8 Å². The Labute approximate surface area is 114 Å². The molecule has 0 amide bonds. The molecule has 0 radical (unpaired) electrons. The molecule has 0 aliphatic carbocycles. The highest BCUT2D eigenvalue weighted by Gasteiger charge is 2.13. The Kier molecular flexibility index (Phi) is 2.06. The standard InChI is InChI=1S/C11H6N4O2S2/c16-9(17)6-3-15-5-8(19-11(15)13-6)7-4-14-2-1-12-10(14)18-7/h1-5H,(H,16,17). The number of thiazole rings is 2. The average Bonchev–Trinajstić information content (AvgIpc) is 3.05. The van der Waals surface area contributed by atoms with Crippen LogP contribution in [-0.2, 0) is 0 Å². The van der Waals surface area contributed by atoms with E-state index in [1.165, 1.54) is 17.5 Å². The van der Waals surface area contributed by atoms with Crippen LogP contribution in [-0.4, -0.2) is 29.8 Å². The fourth-order valence-electron chi connectivity index (χ4n) is 1.85. The summed E-state index contributed by atoms with van der Waals surface area (Å²) in [6, 6.07) is 0. The van der Waals surface area contributed by atoms with E-state index in [9.17, 15) is 4.79 Å². The summed E-state index contributed by atoms with van der Waals surface area (Å²) >= 11 is 3.06. The van der Waals surface area contributed by atoms with Crippen molar-refractivity contribution in [2.45, 2.75) is 0 Å². The van der Waals surface area contributed by atoms with Crippen molar-refractivity contribution in [3.8, 4) is 9.75 Å². The van der Waals surface area contributed by atoms with Gasteiger partial charge in [0.1, 0.15) is 0 Å². The van der Waals surface area contributed by atoms with Gasteiger partial charge in [-0.05, 0) is 0 Å². The molecule has 0 fully saturated rings. The smallest absolute Gasteiger partial charge is 0.356 e. The van der Waals surface area contributed by atoms with Crippen molar-refractivity contribution in [3.63, 3.8) is 0 Å². The van der Waals surface area contributed by atoms with Crippen molar-refractivity contribution in [2.75, 3.05) is 0 Å². The van der Waals surface area contributed by atoms with Gasteiger partial charge < -0.3 is 5.11 Å². The Morgan fingerprint density at radius 3 is 2.53 bits per heavy atom. The lowest BCUT2D eigenvalue weighted by Crippen LogP contribution is -1.95. The summed E-state index contributed by atoms with van der Waals surface area (Å²) < 4.78 is 3.71. The molecule has 8 heteroatoms. The van der Waals surface area contributed by atoms with Gasteiger partial charge >= 0.3 is 5.97 Å². The lowest BCUT2D eigenvalue weighted by molar-refractivity contribution is 0.0691. The number of aromatic nitrogens is 4. The molecule has 0 atom stereocenters. The summed E-state index contributed by atoms with van der Waals surface area (Å²) in [5.41, 5.74) is 0.0683. The molecule has 0 spiro atoms. The highest BCUT2D eigenvalue weighted by atomic mass is 32.1. The number of aromatic carboxylic acids is 1. The number of fused-ring (bicyclic) bond motifs is 2. The maximum absolute atomic E-state index is 10.8. The molecule has 6 nitrogen and oxygen atoms in total. The molecular formula is C11H6N4O2S2. The third-order valence-electron chi connectivity index (χ3n) is 2.71. The SMILES string of the molecule is O=C(O)c1cn2cc(-c3cn4ccnc4s3)sc2n1. The normalized spacial score (nSPS) is 11.6. The topological polar surface area (TPSA) is 71.9 Å². The number of carbonyl (C=O) groups is 1. The summed E-state index contributed by atoms with van der Waals surface area (Å²) in [4.78, 5) is 22.9. The second kappa shape index (κ2) is 3.65. The van der Waals surface area contributed by atoms with Crippen LogP contribution < -0.4 is 0 Å². The molecule has 0 saturated carbocycles. The highest BCUT2D eigenvalue weighted by molar-refractivity contribution is 7.26. The zero-order chi connectivity index (χ0) is 13.0. The van der Waals surface area contributed by atoms with Gasteiger partial charge in [0.2, 0.25) is 0 Å². The Morgan fingerprint density at radius 2 is 1.84 bits per heavy atom. The van der Waals surface area contributed by atoms with E-state index >= 15 is 0 Å². The van der Waals surface area contributed by atoms with Crippen LogP contribution in [0.5, 0.6) is 0 Å². The Morgan fingerprint density at radius 1 is 1.11 bits per heavy atom. The van der Waals surface area contributed by atoms with Crippen LogP contribution in [0.4, 0.5) is 0 Å². The number of rotatable bonds is 2. The third kappa shape index (κ3) is 1.57. The van der Waals surface area contributed by atoms with Crippen molar-refractivity contribution >= 4 is 38.6 Å². The molecule has 4 aromatic rings. The van der Waals surface area contributed by atoms with Crippen LogP contribution in [0, 0.1) is 0 Å².